The van der Waals surface area contributed by atoms with Crippen molar-refractivity contribution in [1.29, 1.82) is 0 Å². The van der Waals surface area contributed by atoms with E-state index in [-0.39, 0.29) is 5.06 Å². The van der Waals surface area contributed by atoms with E-state index < -0.39 is 12.1 Å². The highest BCUT2D eigenvalue weighted by molar-refractivity contribution is 5.65. The van der Waals surface area contributed by atoms with E-state index >= 15 is 0 Å². The van der Waals surface area contributed by atoms with Crippen molar-refractivity contribution in [2.45, 2.75) is 32.2 Å². The molecule has 0 saturated heterocycles. The Morgan fingerprint density at radius 1 is 1.44 bits per heavy atom. The van der Waals surface area contributed by atoms with E-state index in [1.165, 1.54) is 5.56 Å². The van der Waals surface area contributed by atoms with Crippen LogP contribution in [0.15, 0.2) is 30.3 Å². The van der Waals surface area contributed by atoms with Crippen LogP contribution in [-0.4, -0.2) is 22.3 Å². The van der Waals surface area contributed by atoms with Gasteiger partial charge in [0.05, 0.1) is 0 Å². The molecule has 0 spiro atoms. The predicted molar refractivity (Wildman–Crippen MR) is 62.1 cm³/mol. The zero-order valence-electron chi connectivity index (χ0n) is 9.30. The monoisotopic (exact) mass is 222 g/mol. The maximum Gasteiger partial charge on any atom is 0.396 e. The van der Waals surface area contributed by atoms with Crippen LogP contribution in [0, 0.1) is 5.21 Å². The fourth-order valence-corrected chi connectivity index (χ4v) is 1.55. The molecular weight excluding hydrogens is 206 g/mol. The molecule has 0 aromatic heterocycles. The lowest BCUT2D eigenvalue weighted by molar-refractivity contribution is 0.148. The lowest BCUT2D eigenvalue weighted by atomic mass is 10.1. The summed E-state index contributed by atoms with van der Waals surface area (Å²) in [6.07, 6.45) is 0.868. The molecule has 0 heterocycles. The number of hydrogen-bond acceptors (Lipinski definition) is 2. The highest BCUT2D eigenvalue weighted by Gasteiger charge is 2.08. The van der Waals surface area contributed by atoms with Crippen molar-refractivity contribution in [3.63, 3.8) is 0 Å². The molecule has 1 rings (SSSR count). The van der Waals surface area contributed by atoms with E-state index in [2.05, 4.69) is 0 Å². The lowest BCUT2D eigenvalue weighted by Gasteiger charge is -2.31. The van der Waals surface area contributed by atoms with Crippen LogP contribution >= 0.6 is 0 Å². The van der Waals surface area contributed by atoms with Crippen molar-refractivity contribution in [3.05, 3.63) is 41.1 Å². The molecule has 0 aliphatic heterocycles. The number of nitrogens with zero attached hydrogens (tertiary/aromatic N) is 1. The van der Waals surface area contributed by atoms with Crippen molar-refractivity contribution < 1.29 is 9.90 Å². The Bertz CT molecular complexity index is 326. The number of carboxylic acid groups (broad SMARTS) is 1. The van der Waals surface area contributed by atoms with Crippen LogP contribution in [0.25, 0.3) is 0 Å². The molecule has 1 amide bonds. The van der Waals surface area contributed by atoms with Crippen LogP contribution in [0.1, 0.15) is 25.3 Å². The number of rotatable bonds is 5. The van der Waals surface area contributed by atoms with Crippen LogP contribution in [0.4, 0.5) is 4.79 Å². The van der Waals surface area contributed by atoms with Gasteiger partial charge in [-0.05, 0) is 31.7 Å². The number of aryl methyl sites for hydroxylation is 1. The van der Waals surface area contributed by atoms with Gasteiger partial charge in [0.25, 0.3) is 0 Å². The van der Waals surface area contributed by atoms with E-state index in [1.807, 2.05) is 30.3 Å². The van der Waals surface area contributed by atoms with E-state index in [9.17, 15) is 10.0 Å². The SMILES string of the molecule is CC(CCCc1ccccc1)N([O-])C(=O)O. The smallest absolute Gasteiger partial charge is 0.396 e. The second kappa shape index (κ2) is 6.12. The summed E-state index contributed by atoms with van der Waals surface area (Å²) in [4.78, 5) is 10.4. The first-order valence-corrected chi connectivity index (χ1v) is 5.34. The summed E-state index contributed by atoms with van der Waals surface area (Å²) in [6.45, 7) is 1.63. The third-order valence-corrected chi connectivity index (χ3v) is 2.52. The van der Waals surface area contributed by atoms with E-state index in [0.717, 1.165) is 12.8 Å². The molecule has 0 aliphatic rings. The zero-order valence-corrected chi connectivity index (χ0v) is 9.30. The van der Waals surface area contributed by atoms with Crippen LogP contribution in [-0.2, 0) is 6.42 Å². The Balaban J connectivity index is 2.28. The van der Waals surface area contributed by atoms with Gasteiger partial charge in [-0.2, -0.15) is 0 Å². The Morgan fingerprint density at radius 2 is 2.06 bits per heavy atom. The molecule has 1 atom stereocenters. The summed E-state index contributed by atoms with van der Waals surface area (Å²) in [6, 6.07) is 9.47. The molecule has 0 bridgehead atoms. The van der Waals surface area contributed by atoms with Gasteiger partial charge in [0.2, 0.25) is 0 Å². The summed E-state index contributed by atoms with van der Waals surface area (Å²) in [5.41, 5.74) is 1.21. The van der Waals surface area contributed by atoms with Crippen molar-refractivity contribution in [2.75, 3.05) is 0 Å². The van der Waals surface area contributed by atoms with Gasteiger partial charge in [-0.3, -0.25) is 0 Å². The highest BCUT2D eigenvalue weighted by Crippen LogP contribution is 2.10. The summed E-state index contributed by atoms with van der Waals surface area (Å²) in [5, 5.41) is 19.6. The summed E-state index contributed by atoms with van der Waals surface area (Å²) < 4.78 is 0. The lowest BCUT2D eigenvalue weighted by Crippen LogP contribution is -2.32. The van der Waals surface area contributed by atoms with Crippen LogP contribution < -0.4 is 0 Å². The highest BCUT2D eigenvalue weighted by atomic mass is 16.6. The molecule has 1 aromatic rings. The minimum absolute atomic E-state index is 0.116. The molecular formula is C12H16NO3-. The molecule has 1 N–H and O–H groups in total. The molecule has 88 valence electrons. The largest absolute Gasteiger partial charge is 0.754 e. The fourth-order valence-electron chi connectivity index (χ4n) is 1.55. The second-order valence-corrected chi connectivity index (χ2v) is 3.84. The van der Waals surface area contributed by atoms with Gasteiger partial charge in [-0.25, -0.2) is 4.79 Å². The maximum atomic E-state index is 11.0. The molecule has 16 heavy (non-hydrogen) atoms. The van der Waals surface area contributed by atoms with E-state index in [0.29, 0.717) is 6.42 Å². The predicted octanol–water partition coefficient (Wildman–Crippen LogP) is 2.88. The third-order valence-electron chi connectivity index (χ3n) is 2.52. The first-order chi connectivity index (χ1) is 7.61. The molecule has 0 saturated carbocycles. The first kappa shape index (κ1) is 12.5. The Morgan fingerprint density at radius 3 is 2.62 bits per heavy atom. The quantitative estimate of drug-likeness (QED) is 0.779. The summed E-state index contributed by atoms with van der Waals surface area (Å²) in [5.74, 6) is 0. The van der Waals surface area contributed by atoms with Gasteiger partial charge >= 0.3 is 6.09 Å². The van der Waals surface area contributed by atoms with Gasteiger partial charge in [-0.15, -0.1) is 0 Å². The number of hydrogen-bond donors (Lipinski definition) is 1. The molecule has 4 heteroatoms. The van der Waals surface area contributed by atoms with Gasteiger partial charge in [0.15, 0.2) is 0 Å². The van der Waals surface area contributed by atoms with Gasteiger partial charge in [0, 0.05) is 6.04 Å². The Labute approximate surface area is 95.1 Å². The normalized spacial score (nSPS) is 12.1. The number of amides is 1. The number of benzene rings is 1. The van der Waals surface area contributed by atoms with Crippen molar-refractivity contribution >= 4 is 6.09 Å². The molecule has 1 aromatic carbocycles. The fraction of sp³-hybridized carbons (Fsp3) is 0.417. The van der Waals surface area contributed by atoms with Gasteiger partial charge in [0.1, 0.15) is 0 Å². The third kappa shape index (κ3) is 3.90. The van der Waals surface area contributed by atoms with Crippen LogP contribution in [0.2, 0.25) is 0 Å². The number of hydroxylamine groups is 2. The van der Waals surface area contributed by atoms with Crippen molar-refractivity contribution in [2.24, 2.45) is 0 Å². The van der Waals surface area contributed by atoms with Crippen LogP contribution in [0.5, 0.6) is 0 Å². The topological polar surface area (TPSA) is 63.6 Å². The molecule has 0 radical (unpaired) electrons. The standard InChI is InChI=1S/C12H16NO3/c1-10(13(16)12(14)15)6-5-9-11-7-3-2-4-8-11/h2-4,7-8,10H,5-6,9H2,1H3,(H,14,15)/q-1. The maximum absolute atomic E-state index is 11.0. The van der Waals surface area contributed by atoms with Gasteiger partial charge in [-0.1, -0.05) is 30.3 Å². The van der Waals surface area contributed by atoms with Crippen molar-refractivity contribution in [1.82, 2.24) is 5.06 Å². The summed E-state index contributed by atoms with van der Waals surface area (Å²) in [7, 11) is 0. The van der Waals surface area contributed by atoms with E-state index in [4.69, 9.17) is 5.11 Å². The number of carbonyl (C=O) groups is 1. The van der Waals surface area contributed by atoms with Crippen LogP contribution in [0.3, 0.4) is 0 Å². The molecule has 0 fully saturated rings. The minimum atomic E-state index is -1.41. The Kier molecular flexibility index (Phi) is 4.79. The van der Waals surface area contributed by atoms with Crippen molar-refractivity contribution in [3.8, 4) is 0 Å². The van der Waals surface area contributed by atoms with E-state index in [1.54, 1.807) is 6.92 Å². The average Bonchev–Trinajstić information content (AvgIpc) is 2.29. The zero-order chi connectivity index (χ0) is 12.0. The first-order valence-electron chi connectivity index (χ1n) is 5.34. The molecule has 4 nitrogen and oxygen atoms in total. The summed E-state index contributed by atoms with van der Waals surface area (Å²) >= 11 is 0. The molecule has 1 unspecified atom stereocenters. The Hall–Kier alpha value is -1.55. The average molecular weight is 222 g/mol. The van der Waals surface area contributed by atoms with Gasteiger partial charge < -0.3 is 15.4 Å². The molecule has 0 aliphatic carbocycles. The minimum Gasteiger partial charge on any atom is -0.754 e. The second-order valence-electron chi connectivity index (χ2n) is 3.84.